The summed E-state index contributed by atoms with van der Waals surface area (Å²) in [6.07, 6.45) is 2.93. The molecule has 132 valence electrons. The Morgan fingerprint density at radius 3 is 2.04 bits per heavy atom. The number of likely N-dealkylation sites (N-methyl/N-ethyl adjacent to an activating group) is 2. The minimum Gasteiger partial charge on any atom is -0.285 e. The Morgan fingerprint density at radius 1 is 1.08 bits per heavy atom. The summed E-state index contributed by atoms with van der Waals surface area (Å²) in [7, 11) is 0. The van der Waals surface area contributed by atoms with Crippen LogP contribution in [-0.2, 0) is 9.59 Å². The van der Waals surface area contributed by atoms with Gasteiger partial charge in [-0.1, -0.05) is 12.2 Å². The fourth-order valence-corrected chi connectivity index (χ4v) is 3.47. The van der Waals surface area contributed by atoms with Crippen LogP contribution < -0.4 is 0 Å². The lowest BCUT2D eigenvalue weighted by atomic mass is 9.85. The van der Waals surface area contributed by atoms with Gasteiger partial charge >= 0.3 is 0 Å². The third kappa shape index (κ3) is 3.55. The molecule has 0 bridgehead atoms. The molecule has 0 aromatic heterocycles. The average Bonchev–Trinajstić information content (AvgIpc) is 2.54. The third-order valence-electron chi connectivity index (χ3n) is 4.44. The van der Waals surface area contributed by atoms with Gasteiger partial charge in [0.15, 0.2) is 5.11 Å². The van der Waals surface area contributed by atoms with Gasteiger partial charge in [0.1, 0.15) is 17.9 Å². The molecule has 0 radical (unpaired) electrons. The molecule has 7 heteroatoms. The summed E-state index contributed by atoms with van der Waals surface area (Å²) >= 11 is 5.17. The molecule has 0 N–H and O–H groups in total. The predicted octanol–water partition coefficient (Wildman–Crippen LogP) is 2.94. The highest BCUT2D eigenvalue weighted by atomic mass is 32.1. The smallest absolute Gasteiger partial charge is 0.265 e. The molecule has 1 saturated carbocycles. The van der Waals surface area contributed by atoms with Gasteiger partial charge in [-0.15, -0.1) is 0 Å². The first-order chi connectivity index (χ1) is 11.4. The molecular formula is C17H22F2N2O2S. The van der Waals surface area contributed by atoms with Crippen molar-refractivity contribution in [3.8, 4) is 0 Å². The van der Waals surface area contributed by atoms with Gasteiger partial charge in [-0.2, -0.15) is 0 Å². The van der Waals surface area contributed by atoms with E-state index in [2.05, 4.69) is 0 Å². The van der Waals surface area contributed by atoms with E-state index in [4.69, 9.17) is 12.2 Å². The Morgan fingerprint density at radius 2 is 1.58 bits per heavy atom. The summed E-state index contributed by atoms with van der Waals surface area (Å²) in [4.78, 5) is 27.5. The van der Waals surface area contributed by atoms with Crippen LogP contribution in [0.3, 0.4) is 0 Å². The van der Waals surface area contributed by atoms with E-state index in [1.165, 1.54) is 28.0 Å². The largest absolute Gasteiger partial charge is 0.285 e. The van der Waals surface area contributed by atoms with E-state index in [0.29, 0.717) is 32.4 Å². The van der Waals surface area contributed by atoms with Crippen molar-refractivity contribution >= 4 is 29.1 Å². The van der Waals surface area contributed by atoms with Gasteiger partial charge in [0.25, 0.3) is 11.8 Å². The predicted molar refractivity (Wildman–Crippen MR) is 91.7 cm³/mol. The van der Waals surface area contributed by atoms with Crippen molar-refractivity contribution < 1.29 is 18.4 Å². The van der Waals surface area contributed by atoms with Crippen LogP contribution >= 0.6 is 12.2 Å². The van der Waals surface area contributed by atoms with Crippen LogP contribution in [0.2, 0.25) is 0 Å². The molecule has 1 aliphatic heterocycles. The van der Waals surface area contributed by atoms with Crippen molar-refractivity contribution in [1.82, 2.24) is 9.80 Å². The maximum atomic E-state index is 13.8. The zero-order chi connectivity index (χ0) is 17.9. The normalized spacial score (nSPS) is 28.9. The number of amides is 2. The minimum absolute atomic E-state index is 0.0369. The topological polar surface area (TPSA) is 40.6 Å². The van der Waals surface area contributed by atoms with Crippen LogP contribution in [0.25, 0.3) is 0 Å². The second-order valence-corrected chi connectivity index (χ2v) is 6.25. The van der Waals surface area contributed by atoms with Gasteiger partial charge < -0.3 is 0 Å². The molecule has 0 aromatic carbocycles. The maximum Gasteiger partial charge on any atom is 0.265 e. The molecule has 0 spiro atoms. The molecule has 4 nitrogen and oxygen atoms in total. The molecule has 1 saturated heterocycles. The molecule has 2 fully saturated rings. The minimum atomic E-state index is -1.23. The van der Waals surface area contributed by atoms with Gasteiger partial charge in [-0.25, -0.2) is 8.78 Å². The third-order valence-corrected chi connectivity index (χ3v) is 4.88. The number of thiocarbonyl (C=S) groups is 1. The Hall–Kier alpha value is -1.63. The van der Waals surface area contributed by atoms with Gasteiger partial charge in [-0.3, -0.25) is 19.4 Å². The lowest BCUT2D eigenvalue weighted by molar-refractivity contribution is -0.133. The number of alkyl halides is 2. The van der Waals surface area contributed by atoms with Crippen molar-refractivity contribution in [2.75, 3.05) is 13.1 Å². The van der Waals surface area contributed by atoms with Crippen LogP contribution in [0.15, 0.2) is 23.8 Å². The Balaban J connectivity index is 2.23. The first-order valence-electron chi connectivity index (χ1n) is 8.26. The molecular weight excluding hydrogens is 334 g/mol. The van der Waals surface area contributed by atoms with Crippen LogP contribution in [0.1, 0.15) is 33.1 Å². The molecule has 1 heterocycles. The molecule has 2 unspecified atom stereocenters. The van der Waals surface area contributed by atoms with Gasteiger partial charge in [0.05, 0.1) is 0 Å². The van der Waals surface area contributed by atoms with E-state index in [0.717, 1.165) is 0 Å². The van der Waals surface area contributed by atoms with Gasteiger partial charge in [0.2, 0.25) is 0 Å². The zero-order valence-electron chi connectivity index (χ0n) is 13.9. The summed E-state index contributed by atoms with van der Waals surface area (Å²) in [6, 6.07) is 0. The quantitative estimate of drug-likeness (QED) is 0.442. The fraction of sp³-hybridized carbons (Fsp3) is 0.588. The molecule has 0 aromatic rings. The van der Waals surface area contributed by atoms with E-state index in [-0.39, 0.29) is 10.7 Å². The summed E-state index contributed by atoms with van der Waals surface area (Å²) in [6.45, 7) is 4.24. The maximum absolute atomic E-state index is 13.8. The van der Waals surface area contributed by atoms with Crippen molar-refractivity contribution in [3.05, 3.63) is 23.8 Å². The van der Waals surface area contributed by atoms with Crippen molar-refractivity contribution in [2.24, 2.45) is 5.92 Å². The molecule has 2 atom stereocenters. The second-order valence-electron chi connectivity index (χ2n) is 5.89. The zero-order valence-corrected chi connectivity index (χ0v) is 14.7. The Kier molecular flexibility index (Phi) is 6.21. The van der Waals surface area contributed by atoms with Gasteiger partial charge in [0, 0.05) is 19.0 Å². The van der Waals surface area contributed by atoms with Crippen LogP contribution in [-0.4, -0.2) is 52.2 Å². The summed E-state index contributed by atoms with van der Waals surface area (Å²) < 4.78 is 27.6. The van der Waals surface area contributed by atoms with E-state index in [1.54, 1.807) is 13.8 Å². The van der Waals surface area contributed by atoms with Crippen molar-refractivity contribution in [1.29, 1.82) is 0 Å². The van der Waals surface area contributed by atoms with Crippen LogP contribution in [0.5, 0.6) is 0 Å². The molecule has 1 aliphatic carbocycles. The molecule has 24 heavy (non-hydrogen) atoms. The lowest BCUT2D eigenvalue weighted by Crippen LogP contribution is -2.55. The SMILES string of the molecule is CCN1C(=O)C(=C/C=C/C2C(F)CCCC2F)C(=O)N(CC)C1=S. The standard InChI is InChI=1S/C17H22F2N2O2S/c1-3-20-15(22)12(16(23)21(4-2)17(20)24)8-5-7-11-13(18)9-6-10-14(11)19/h5,7-8,11,13-14H,3-4,6,9-10H2,1-2H3/b7-5+. The number of carbonyl (C=O) groups is 2. The number of hydrogen-bond acceptors (Lipinski definition) is 3. The number of halogens is 2. The van der Waals surface area contributed by atoms with Crippen molar-refractivity contribution in [3.63, 3.8) is 0 Å². The Labute approximate surface area is 146 Å². The number of hydrogen-bond donors (Lipinski definition) is 0. The first kappa shape index (κ1) is 18.7. The monoisotopic (exact) mass is 356 g/mol. The highest BCUT2D eigenvalue weighted by molar-refractivity contribution is 7.80. The van der Waals surface area contributed by atoms with E-state index in [9.17, 15) is 18.4 Å². The first-order valence-corrected chi connectivity index (χ1v) is 8.67. The Bertz CT molecular complexity index is 553. The number of rotatable bonds is 4. The van der Waals surface area contributed by atoms with Gasteiger partial charge in [-0.05, 0) is 51.4 Å². The second kappa shape index (κ2) is 7.96. The van der Waals surface area contributed by atoms with Crippen LogP contribution in [0.4, 0.5) is 8.78 Å². The van der Waals surface area contributed by atoms with Crippen molar-refractivity contribution in [2.45, 2.75) is 45.5 Å². The summed E-state index contributed by atoms with van der Waals surface area (Å²) in [5.41, 5.74) is -0.0369. The highest BCUT2D eigenvalue weighted by Gasteiger charge is 2.37. The number of carbonyl (C=O) groups excluding carboxylic acids is 2. The summed E-state index contributed by atoms with van der Waals surface area (Å²) in [5, 5.41) is 0.191. The lowest BCUT2D eigenvalue weighted by Gasteiger charge is -2.35. The molecule has 2 aliphatic rings. The number of nitrogens with zero attached hydrogens (tertiary/aromatic N) is 2. The molecule has 2 amide bonds. The van der Waals surface area contributed by atoms with E-state index in [1.807, 2.05) is 0 Å². The average molecular weight is 356 g/mol. The van der Waals surface area contributed by atoms with Crippen LogP contribution in [0, 0.1) is 5.92 Å². The van der Waals surface area contributed by atoms with E-state index >= 15 is 0 Å². The molecule has 2 rings (SSSR count). The van der Waals surface area contributed by atoms with E-state index < -0.39 is 30.1 Å². The highest BCUT2D eigenvalue weighted by Crippen LogP contribution is 2.30. The number of allylic oxidation sites excluding steroid dienone is 3. The fourth-order valence-electron chi connectivity index (χ4n) is 3.04. The summed E-state index contributed by atoms with van der Waals surface area (Å²) in [5.74, 6) is -1.77.